The lowest BCUT2D eigenvalue weighted by Gasteiger charge is -2.04. The zero-order valence-corrected chi connectivity index (χ0v) is 11.1. The first-order valence-corrected chi connectivity index (χ1v) is 6.25. The number of nitrogens with one attached hydrogen (secondary N) is 1. The Morgan fingerprint density at radius 1 is 1.14 bits per heavy atom. The van der Waals surface area contributed by atoms with Crippen molar-refractivity contribution >= 4 is 16.7 Å². The van der Waals surface area contributed by atoms with Gasteiger partial charge in [-0.25, -0.2) is 8.78 Å². The number of methoxy groups -OCH3 is 1. The molecule has 0 unspecified atom stereocenters. The lowest BCUT2D eigenvalue weighted by Crippen LogP contribution is -2.01. The number of halogens is 2. The highest BCUT2D eigenvalue weighted by Crippen LogP contribution is 2.24. The van der Waals surface area contributed by atoms with E-state index in [9.17, 15) is 13.6 Å². The van der Waals surface area contributed by atoms with Crippen LogP contribution in [-0.4, -0.2) is 17.9 Å². The van der Waals surface area contributed by atoms with E-state index in [1.54, 1.807) is 0 Å². The summed E-state index contributed by atoms with van der Waals surface area (Å²) in [7, 11) is 1.36. The molecule has 0 fully saturated rings. The Kier molecular flexibility index (Phi) is 3.17. The van der Waals surface area contributed by atoms with Crippen molar-refractivity contribution in [1.29, 1.82) is 0 Å². The maximum atomic E-state index is 13.7. The molecule has 0 aliphatic heterocycles. The predicted molar refractivity (Wildman–Crippen MR) is 74.6 cm³/mol. The van der Waals surface area contributed by atoms with E-state index >= 15 is 0 Å². The van der Waals surface area contributed by atoms with Crippen LogP contribution < -0.4 is 4.74 Å². The molecule has 3 rings (SSSR count). The summed E-state index contributed by atoms with van der Waals surface area (Å²) in [5, 5.41) is 0.595. The fourth-order valence-electron chi connectivity index (χ4n) is 2.25. The average Bonchev–Trinajstić information content (AvgIpc) is 2.89. The molecule has 106 valence electrons. The second-order valence-electron chi connectivity index (χ2n) is 4.57. The van der Waals surface area contributed by atoms with Gasteiger partial charge in [0.2, 0.25) is 0 Å². The van der Waals surface area contributed by atoms with Gasteiger partial charge in [0.05, 0.1) is 7.11 Å². The molecule has 0 aliphatic rings. The SMILES string of the molecule is COc1ccc(C(=O)c2c[nH]c3cc(F)ccc23)cc1F. The van der Waals surface area contributed by atoms with E-state index < -0.39 is 5.82 Å². The molecule has 0 aliphatic carbocycles. The Bertz CT molecular complexity index is 839. The van der Waals surface area contributed by atoms with Crippen molar-refractivity contribution in [2.75, 3.05) is 7.11 Å². The zero-order valence-electron chi connectivity index (χ0n) is 11.1. The van der Waals surface area contributed by atoms with Gasteiger partial charge in [0.25, 0.3) is 0 Å². The number of fused-ring (bicyclic) bond motifs is 1. The van der Waals surface area contributed by atoms with Gasteiger partial charge in [-0.05, 0) is 36.4 Å². The normalized spacial score (nSPS) is 10.8. The summed E-state index contributed by atoms with van der Waals surface area (Å²) < 4.78 is 31.6. The van der Waals surface area contributed by atoms with Crippen LogP contribution in [-0.2, 0) is 0 Å². The second-order valence-corrected chi connectivity index (χ2v) is 4.57. The number of ketones is 1. The first-order chi connectivity index (χ1) is 10.1. The summed E-state index contributed by atoms with van der Waals surface area (Å²) in [5.74, 6) is -1.25. The van der Waals surface area contributed by atoms with E-state index in [-0.39, 0.29) is 22.9 Å². The van der Waals surface area contributed by atoms with E-state index in [1.807, 2.05) is 0 Å². The molecule has 2 aromatic carbocycles. The number of ether oxygens (including phenoxy) is 1. The van der Waals surface area contributed by atoms with Gasteiger partial charge in [-0.15, -0.1) is 0 Å². The number of hydrogen-bond donors (Lipinski definition) is 1. The lowest BCUT2D eigenvalue weighted by atomic mass is 10.0. The molecule has 1 aromatic heterocycles. The summed E-state index contributed by atoms with van der Waals surface area (Å²) in [5.41, 5.74) is 1.10. The molecule has 0 saturated heterocycles. The Hall–Kier alpha value is -2.69. The second kappa shape index (κ2) is 5.01. The van der Waals surface area contributed by atoms with Crippen molar-refractivity contribution in [1.82, 2.24) is 4.98 Å². The molecular weight excluding hydrogens is 276 g/mol. The molecule has 0 atom stereocenters. The van der Waals surface area contributed by atoms with Crippen LogP contribution in [0.3, 0.4) is 0 Å². The van der Waals surface area contributed by atoms with Crippen LogP contribution in [0.25, 0.3) is 10.9 Å². The van der Waals surface area contributed by atoms with Crippen molar-refractivity contribution in [3.63, 3.8) is 0 Å². The van der Waals surface area contributed by atoms with Crippen molar-refractivity contribution < 1.29 is 18.3 Å². The number of rotatable bonds is 3. The van der Waals surface area contributed by atoms with Crippen molar-refractivity contribution in [3.05, 3.63) is 65.4 Å². The van der Waals surface area contributed by atoms with Gasteiger partial charge >= 0.3 is 0 Å². The minimum absolute atomic E-state index is 0.0764. The predicted octanol–water partition coefficient (Wildman–Crippen LogP) is 3.69. The third kappa shape index (κ3) is 2.27. The highest BCUT2D eigenvalue weighted by molar-refractivity contribution is 6.16. The molecule has 21 heavy (non-hydrogen) atoms. The van der Waals surface area contributed by atoms with Crippen molar-refractivity contribution in [2.45, 2.75) is 0 Å². The first-order valence-electron chi connectivity index (χ1n) is 6.25. The molecule has 0 saturated carbocycles. The minimum atomic E-state index is -0.603. The number of benzene rings is 2. The number of H-pyrrole nitrogens is 1. The van der Waals surface area contributed by atoms with Crippen LogP contribution in [0.2, 0.25) is 0 Å². The lowest BCUT2D eigenvalue weighted by molar-refractivity contribution is 0.104. The number of carbonyl (C=O) groups is 1. The van der Waals surface area contributed by atoms with Gasteiger partial charge in [-0.2, -0.15) is 0 Å². The van der Waals surface area contributed by atoms with Gasteiger partial charge in [-0.3, -0.25) is 4.79 Å². The molecule has 3 nitrogen and oxygen atoms in total. The van der Waals surface area contributed by atoms with E-state index in [4.69, 9.17) is 4.74 Å². The van der Waals surface area contributed by atoms with Crippen LogP contribution in [0, 0.1) is 11.6 Å². The fraction of sp³-hybridized carbons (Fsp3) is 0.0625. The summed E-state index contributed by atoms with van der Waals surface area (Å²) in [6.45, 7) is 0. The third-order valence-electron chi connectivity index (χ3n) is 3.30. The zero-order chi connectivity index (χ0) is 15.0. The average molecular weight is 287 g/mol. The van der Waals surface area contributed by atoms with Crippen LogP contribution in [0.15, 0.2) is 42.6 Å². The molecule has 0 spiro atoms. The Labute approximate surface area is 119 Å². The van der Waals surface area contributed by atoms with E-state index in [2.05, 4.69) is 4.98 Å². The Morgan fingerprint density at radius 2 is 1.95 bits per heavy atom. The molecule has 0 bridgehead atoms. The highest BCUT2D eigenvalue weighted by atomic mass is 19.1. The van der Waals surface area contributed by atoms with Crippen molar-refractivity contribution in [3.8, 4) is 5.75 Å². The van der Waals surface area contributed by atoms with Gasteiger partial charge in [0, 0.05) is 28.2 Å². The molecule has 3 aromatic rings. The van der Waals surface area contributed by atoms with Crippen LogP contribution in [0.1, 0.15) is 15.9 Å². The summed E-state index contributed by atoms with van der Waals surface area (Å²) in [6.07, 6.45) is 1.49. The third-order valence-corrected chi connectivity index (χ3v) is 3.30. The summed E-state index contributed by atoms with van der Waals surface area (Å²) in [6, 6.07) is 8.13. The molecule has 0 radical (unpaired) electrons. The monoisotopic (exact) mass is 287 g/mol. The van der Waals surface area contributed by atoms with E-state index in [0.29, 0.717) is 16.5 Å². The molecule has 5 heteroatoms. The van der Waals surface area contributed by atoms with Gasteiger partial charge in [0.1, 0.15) is 5.82 Å². The van der Waals surface area contributed by atoms with Crippen LogP contribution >= 0.6 is 0 Å². The maximum Gasteiger partial charge on any atom is 0.195 e. The van der Waals surface area contributed by atoms with E-state index in [0.717, 1.165) is 6.07 Å². The molecular formula is C16H11F2NO2. The summed E-state index contributed by atoms with van der Waals surface area (Å²) in [4.78, 5) is 15.3. The Balaban J connectivity index is 2.06. The minimum Gasteiger partial charge on any atom is -0.494 e. The standard InChI is InChI=1S/C16H11F2NO2/c1-21-15-5-2-9(6-13(15)18)16(20)12-8-19-14-7-10(17)3-4-11(12)14/h2-8,19H,1H3. The number of hydrogen-bond acceptors (Lipinski definition) is 2. The van der Waals surface area contributed by atoms with Crippen LogP contribution in [0.5, 0.6) is 5.75 Å². The van der Waals surface area contributed by atoms with Crippen molar-refractivity contribution in [2.24, 2.45) is 0 Å². The van der Waals surface area contributed by atoms with Gasteiger partial charge in [0.15, 0.2) is 17.3 Å². The van der Waals surface area contributed by atoms with Crippen LogP contribution in [0.4, 0.5) is 8.78 Å². The first kappa shape index (κ1) is 13.3. The van der Waals surface area contributed by atoms with E-state index in [1.165, 1.54) is 43.6 Å². The Morgan fingerprint density at radius 3 is 2.67 bits per heavy atom. The van der Waals surface area contributed by atoms with Gasteiger partial charge in [-0.1, -0.05) is 0 Å². The number of carbonyl (C=O) groups excluding carboxylic acids is 1. The highest BCUT2D eigenvalue weighted by Gasteiger charge is 2.16. The molecule has 1 N–H and O–H groups in total. The van der Waals surface area contributed by atoms with Gasteiger partial charge < -0.3 is 9.72 Å². The molecule has 0 amide bonds. The smallest absolute Gasteiger partial charge is 0.195 e. The quantitative estimate of drug-likeness (QED) is 0.746. The topological polar surface area (TPSA) is 42.1 Å². The maximum absolute atomic E-state index is 13.7. The fourth-order valence-corrected chi connectivity index (χ4v) is 2.25. The largest absolute Gasteiger partial charge is 0.494 e. The molecule has 1 heterocycles. The number of aromatic amines is 1. The summed E-state index contributed by atoms with van der Waals surface area (Å²) >= 11 is 0. The number of aromatic nitrogens is 1.